The van der Waals surface area contributed by atoms with Crippen molar-refractivity contribution in [3.63, 3.8) is 0 Å². The van der Waals surface area contributed by atoms with Crippen LogP contribution in [0.25, 0.3) is 5.76 Å². The number of aryl methyl sites for hydroxylation is 1. The smallest absolute Gasteiger partial charge is 0.296 e. The molecule has 3 aromatic carbocycles. The predicted octanol–water partition coefficient (Wildman–Crippen LogP) is 5.79. The Kier molecular flexibility index (Phi) is 6.41. The van der Waals surface area contributed by atoms with Crippen LogP contribution in [-0.4, -0.2) is 21.7 Å². The third-order valence-electron chi connectivity index (χ3n) is 6.22. The lowest BCUT2D eigenvalue weighted by Crippen LogP contribution is -2.29. The minimum absolute atomic E-state index is 0.0494. The number of ether oxygens (including phenoxy) is 1. The van der Waals surface area contributed by atoms with Crippen molar-refractivity contribution < 1.29 is 23.8 Å². The highest BCUT2D eigenvalue weighted by Crippen LogP contribution is 2.40. The van der Waals surface area contributed by atoms with Gasteiger partial charge in [0.05, 0.1) is 24.4 Å². The maximum atomic E-state index is 13.2. The average Bonchev–Trinajstić information content (AvgIpc) is 3.51. The third-order valence-corrected chi connectivity index (χ3v) is 6.22. The van der Waals surface area contributed by atoms with Crippen LogP contribution in [0.4, 0.5) is 0 Å². The molecule has 0 aliphatic carbocycles. The average molecular weight is 480 g/mol. The summed E-state index contributed by atoms with van der Waals surface area (Å²) in [4.78, 5) is 27.7. The number of furan rings is 1. The Morgan fingerprint density at radius 2 is 1.64 bits per heavy atom. The summed E-state index contributed by atoms with van der Waals surface area (Å²) in [5.74, 6) is -0.419. The number of carbonyl (C=O) groups excluding carboxylic acids is 2. The molecule has 1 saturated heterocycles. The standard InChI is InChI=1S/C30H25NO5/c1-20-9-11-23(12-10-20)28(32)26-27(31(30(34)29(26)33)18-25-8-5-17-35-25)22-13-15-24(16-14-22)36-19-21-6-3-2-4-7-21/h2-17,27,32H,18-19H2,1H3. The second-order valence-corrected chi connectivity index (χ2v) is 8.72. The van der Waals surface area contributed by atoms with Gasteiger partial charge in [-0.3, -0.25) is 9.59 Å². The molecule has 1 aliphatic rings. The lowest BCUT2D eigenvalue weighted by molar-refractivity contribution is -0.140. The van der Waals surface area contributed by atoms with E-state index in [-0.39, 0.29) is 17.9 Å². The summed E-state index contributed by atoms with van der Waals surface area (Å²) in [5.41, 5.74) is 3.28. The topological polar surface area (TPSA) is 80.0 Å². The molecule has 180 valence electrons. The first kappa shape index (κ1) is 23.2. The van der Waals surface area contributed by atoms with E-state index < -0.39 is 17.7 Å². The van der Waals surface area contributed by atoms with E-state index in [1.807, 2.05) is 61.5 Å². The molecule has 0 radical (unpaired) electrons. The Balaban J connectivity index is 1.50. The highest BCUT2D eigenvalue weighted by molar-refractivity contribution is 6.46. The number of benzene rings is 3. The van der Waals surface area contributed by atoms with Gasteiger partial charge in [0.2, 0.25) is 0 Å². The van der Waals surface area contributed by atoms with Gasteiger partial charge < -0.3 is 19.2 Å². The number of rotatable bonds is 7. The van der Waals surface area contributed by atoms with E-state index in [0.29, 0.717) is 29.2 Å². The fourth-order valence-corrected chi connectivity index (χ4v) is 4.31. The van der Waals surface area contributed by atoms with Gasteiger partial charge in [0.1, 0.15) is 23.9 Å². The van der Waals surface area contributed by atoms with Crippen LogP contribution in [0.3, 0.4) is 0 Å². The zero-order valence-corrected chi connectivity index (χ0v) is 19.8. The van der Waals surface area contributed by atoms with Crippen molar-refractivity contribution in [2.45, 2.75) is 26.1 Å². The Morgan fingerprint density at radius 3 is 2.31 bits per heavy atom. The monoisotopic (exact) mass is 479 g/mol. The van der Waals surface area contributed by atoms with Crippen LogP contribution in [0, 0.1) is 6.92 Å². The zero-order chi connectivity index (χ0) is 25.1. The fourth-order valence-electron chi connectivity index (χ4n) is 4.31. The molecule has 5 rings (SSSR count). The van der Waals surface area contributed by atoms with Gasteiger partial charge in [-0.15, -0.1) is 0 Å². The number of ketones is 1. The summed E-state index contributed by atoms with van der Waals surface area (Å²) in [6, 6.07) is 26.9. The van der Waals surface area contributed by atoms with Gasteiger partial charge in [0.15, 0.2) is 0 Å². The quantitative estimate of drug-likeness (QED) is 0.206. The summed E-state index contributed by atoms with van der Waals surface area (Å²) >= 11 is 0. The van der Waals surface area contributed by atoms with Crippen LogP contribution in [0.2, 0.25) is 0 Å². The number of amides is 1. The number of carbonyl (C=O) groups is 2. The van der Waals surface area contributed by atoms with E-state index in [2.05, 4.69) is 0 Å². The largest absolute Gasteiger partial charge is 0.507 e. The molecule has 0 spiro atoms. The molecule has 0 saturated carbocycles. The molecule has 6 nitrogen and oxygen atoms in total. The van der Waals surface area contributed by atoms with Crippen molar-refractivity contribution in [1.29, 1.82) is 0 Å². The molecular formula is C30H25NO5. The van der Waals surface area contributed by atoms with Gasteiger partial charge in [-0.25, -0.2) is 0 Å². The van der Waals surface area contributed by atoms with Crippen LogP contribution >= 0.6 is 0 Å². The third kappa shape index (κ3) is 4.66. The van der Waals surface area contributed by atoms with Gasteiger partial charge in [0, 0.05) is 5.56 Å². The normalized spacial score (nSPS) is 16.9. The number of likely N-dealkylation sites (tertiary alicyclic amines) is 1. The van der Waals surface area contributed by atoms with Crippen LogP contribution in [0.15, 0.2) is 107 Å². The van der Waals surface area contributed by atoms with Crippen molar-refractivity contribution in [3.8, 4) is 5.75 Å². The second kappa shape index (κ2) is 9.96. The molecule has 1 aliphatic heterocycles. The summed E-state index contributed by atoms with van der Waals surface area (Å²) in [7, 11) is 0. The van der Waals surface area contributed by atoms with Crippen molar-refractivity contribution >= 4 is 17.4 Å². The van der Waals surface area contributed by atoms with Crippen LogP contribution in [0.1, 0.15) is 34.1 Å². The van der Waals surface area contributed by atoms with Gasteiger partial charge in [-0.1, -0.05) is 72.3 Å². The van der Waals surface area contributed by atoms with Gasteiger partial charge in [-0.05, 0) is 42.3 Å². The SMILES string of the molecule is Cc1ccc(C(O)=C2C(=O)C(=O)N(Cc3ccco3)C2c2ccc(OCc3ccccc3)cc2)cc1. The maximum absolute atomic E-state index is 13.2. The van der Waals surface area contributed by atoms with Crippen LogP contribution < -0.4 is 4.74 Å². The van der Waals surface area contributed by atoms with Gasteiger partial charge in [-0.2, -0.15) is 0 Å². The lowest BCUT2D eigenvalue weighted by Gasteiger charge is -2.24. The lowest BCUT2D eigenvalue weighted by atomic mass is 9.95. The second-order valence-electron chi connectivity index (χ2n) is 8.72. The van der Waals surface area contributed by atoms with Crippen LogP contribution in [0.5, 0.6) is 5.75 Å². The number of hydrogen-bond donors (Lipinski definition) is 1. The van der Waals surface area contributed by atoms with E-state index in [0.717, 1.165) is 11.1 Å². The van der Waals surface area contributed by atoms with Gasteiger partial charge >= 0.3 is 0 Å². The first-order valence-electron chi connectivity index (χ1n) is 11.7. The summed E-state index contributed by atoms with van der Waals surface area (Å²) in [5, 5.41) is 11.2. The predicted molar refractivity (Wildman–Crippen MR) is 135 cm³/mol. The molecule has 1 fully saturated rings. The summed E-state index contributed by atoms with van der Waals surface area (Å²) < 4.78 is 11.3. The molecule has 1 N–H and O–H groups in total. The van der Waals surface area contributed by atoms with Crippen molar-refractivity contribution in [1.82, 2.24) is 4.90 Å². The minimum atomic E-state index is -0.778. The Morgan fingerprint density at radius 1 is 0.917 bits per heavy atom. The Bertz CT molecular complexity index is 1390. The van der Waals surface area contributed by atoms with Crippen LogP contribution in [-0.2, 0) is 22.7 Å². The van der Waals surface area contributed by atoms with Gasteiger partial charge in [0.25, 0.3) is 11.7 Å². The van der Waals surface area contributed by atoms with Crippen molar-refractivity contribution in [2.75, 3.05) is 0 Å². The number of Topliss-reactive ketones (excluding diaryl/α,β-unsaturated/α-hetero) is 1. The zero-order valence-electron chi connectivity index (χ0n) is 19.8. The number of hydrogen-bond acceptors (Lipinski definition) is 5. The molecule has 36 heavy (non-hydrogen) atoms. The van der Waals surface area contributed by atoms with E-state index in [4.69, 9.17) is 9.15 Å². The van der Waals surface area contributed by atoms with E-state index in [1.165, 1.54) is 11.2 Å². The van der Waals surface area contributed by atoms with E-state index >= 15 is 0 Å². The fraction of sp³-hybridized carbons (Fsp3) is 0.133. The van der Waals surface area contributed by atoms with E-state index in [1.54, 1.807) is 36.4 Å². The summed E-state index contributed by atoms with van der Waals surface area (Å²) in [6.45, 7) is 2.46. The first-order chi connectivity index (χ1) is 17.5. The Labute approximate surface area is 209 Å². The minimum Gasteiger partial charge on any atom is -0.507 e. The highest BCUT2D eigenvalue weighted by atomic mass is 16.5. The molecule has 1 atom stereocenters. The van der Waals surface area contributed by atoms with Crippen molar-refractivity contribution in [3.05, 3.63) is 131 Å². The molecule has 1 amide bonds. The summed E-state index contributed by atoms with van der Waals surface area (Å²) in [6.07, 6.45) is 1.52. The first-order valence-corrected chi connectivity index (χ1v) is 11.7. The number of aliphatic hydroxyl groups is 1. The molecular weight excluding hydrogens is 454 g/mol. The maximum Gasteiger partial charge on any atom is 0.296 e. The molecule has 1 unspecified atom stereocenters. The molecule has 4 aromatic rings. The number of aliphatic hydroxyl groups excluding tert-OH is 1. The van der Waals surface area contributed by atoms with Crippen molar-refractivity contribution in [2.24, 2.45) is 0 Å². The molecule has 0 bridgehead atoms. The highest BCUT2D eigenvalue weighted by Gasteiger charge is 2.46. The number of nitrogens with zero attached hydrogens (tertiary/aromatic N) is 1. The molecule has 1 aromatic heterocycles. The Hall–Kier alpha value is -4.58. The molecule has 2 heterocycles. The van der Waals surface area contributed by atoms with E-state index in [9.17, 15) is 14.7 Å². The molecule has 6 heteroatoms.